The maximum atomic E-state index is 12.4. The molecule has 0 fully saturated rings. The molecule has 0 saturated heterocycles. The molecular formula is C18H14ClNO2. The van der Waals surface area contributed by atoms with Gasteiger partial charge in [0.15, 0.2) is 5.78 Å². The van der Waals surface area contributed by atoms with E-state index in [0.29, 0.717) is 28.4 Å². The Bertz CT molecular complexity index is 804. The van der Waals surface area contributed by atoms with Gasteiger partial charge in [0, 0.05) is 21.9 Å². The molecule has 0 heterocycles. The highest BCUT2D eigenvalue weighted by Gasteiger charge is 2.30. The van der Waals surface area contributed by atoms with Crippen LogP contribution in [-0.2, 0) is 6.54 Å². The summed E-state index contributed by atoms with van der Waals surface area (Å²) in [6, 6.07) is 14.4. The topological polar surface area (TPSA) is 49.7 Å². The number of aliphatic imine (C=N–C) groups is 1. The Morgan fingerprint density at radius 1 is 1.09 bits per heavy atom. The summed E-state index contributed by atoms with van der Waals surface area (Å²) in [5.41, 5.74) is 2.91. The number of hydrogen-bond donors (Lipinski definition) is 1. The molecule has 0 radical (unpaired) electrons. The first-order valence-electron chi connectivity index (χ1n) is 6.91. The number of halogens is 1. The average molecular weight is 312 g/mol. The molecular weight excluding hydrogens is 298 g/mol. The third kappa shape index (κ3) is 2.55. The fraction of sp³-hybridized carbons (Fsp3) is 0.111. The molecule has 0 unspecified atom stereocenters. The van der Waals surface area contributed by atoms with E-state index in [1.165, 1.54) is 0 Å². The highest BCUT2D eigenvalue weighted by molar-refractivity contribution is 6.35. The molecule has 0 atom stereocenters. The first kappa shape index (κ1) is 14.5. The molecule has 4 heteroatoms. The molecule has 0 spiro atoms. The number of carbonyl (C=O) groups is 1. The van der Waals surface area contributed by atoms with Gasteiger partial charge >= 0.3 is 0 Å². The first-order chi connectivity index (χ1) is 10.6. The van der Waals surface area contributed by atoms with Crippen LogP contribution in [0.5, 0.6) is 0 Å². The van der Waals surface area contributed by atoms with Crippen LogP contribution in [0, 0.1) is 0 Å². The van der Waals surface area contributed by atoms with Crippen LogP contribution in [0.25, 0.3) is 5.76 Å². The molecule has 0 aliphatic heterocycles. The van der Waals surface area contributed by atoms with E-state index in [2.05, 4.69) is 4.99 Å². The largest absolute Gasteiger partial charge is 0.506 e. The molecule has 0 bridgehead atoms. The lowest BCUT2D eigenvalue weighted by atomic mass is 10.1. The van der Waals surface area contributed by atoms with Crippen molar-refractivity contribution < 1.29 is 9.90 Å². The number of nitrogens with zero attached hydrogens (tertiary/aromatic N) is 1. The lowest BCUT2D eigenvalue weighted by molar-refractivity contribution is 0.104. The summed E-state index contributed by atoms with van der Waals surface area (Å²) in [7, 11) is 0. The number of allylic oxidation sites excluding steroid dienone is 1. The Morgan fingerprint density at radius 3 is 2.36 bits per heavy atom. The minimum atomic E-state index is -0.176. The van der Waals surface area contributed by atoms with Crippen molar-refractivity contribution in [1.82, 2.24) is 0 Å². The van der Waals surface area contributed by atoms with Crippen molar-refractivity contribution in [2.24, 2.45) is 4.99 Å². The molecule has 3 rings (SSSR count). The van der Waals surface area contributed by atoms with Crippen LogP contribution in [0.1, 0.15) is 28.4 Å². The van der Waals surface area contributed by atoms with Crippen molar-refractivity contribution in [3.63, 3.8) is 0 Å². The SMILES string of the molecule is CC(=NCc1ccc(Cl)cc1)C1=C(O)c2ccccc2C1=O. The zero-order chi connectivity index (χ0) is 15.7. The number of benzene rings is 2. The van der Waals surface area contributed by atoms with Gasteiger partial charge in [0.25, 0.3) is 0 Å². The minimum Gasteiger partial charge on any atom is -0.506 e. The first-order valence-corrected chi connectivity index (χ1v) is 7.29. The van der Waals surface area contributed by atoms with Crippen molar-refractivity contribution in [1.29, 1.82) is 0 Å². The maximum Gasteiger partial charge on any atom is 0.199 e. The number of rotatable bonds is 3. The van der Waals surface area contributed by atoms with Gasteiger partial charge in [-0.05, 0) is 24.6 Å². The Kier molecular flexibility index (Phi) is 3.82. The summed E-state index contributed by atoms with van der Waals surface area (Å²) in [6.07, 6.45) is 0. The van der Waals surface area contributed by atoms with Crippen LogP contribution in [0.2, 0.25) is 5.02 Å². The van der Waals surface area contributed by atoms with Crippen LogP contribution in [0.3, 0.4) is 0 Å². The van der Waals surface area contributed by atoms with Crippen LogP contribution in [-0.4, -0.2) is 16.6 Å². The second-order valence-corrected chi connectivity index (χ2v) is 5.56. The summed E-state index contributed by atoms with van der Waals surface area (Å²) >= 11 is 5.85. The summed E-state index contributed by atoms with van der Waals surface area (Å²) in [5, 5.41) is 10.9. The number of fused-ring (bicyclic) bond motifs is 1. The van der Waals surface area contributed by atoms with Gasteiger partial charge in [-0.15, -0.1) is 0 Å². The summed E-state index contributed by atoms with van der Waals surface area (Å²) in [4.78, 5) is 16.8. The van der Waals surface area contributed by atoms with Gasteiger partial charge in [-0.2, -0.15) is 0 Å². The number of aliphatic hydroxyl groups is 1. The van der Waals surface area contributed by atoms with E-state index in [0.717, 1.165) is 5.56 Å². The van der Waals surface area contributed by atoms with E-state index in [9.17, 15) is 9.90 Å². The highest BCUT2D eigenvalue weighted by atomic mass is 35.5. The minimum absolute atomic E-state index is 0.0120. The smallest absolute Gasteiger partial charge is 0.199 e. The Labute approximate surface area is 133 Å². The summed E-state index contributed by atoms with van der Waals surface area (Å²) in [6.45, 7) is 2.18. The fourth-order valence-electron chi connectivity index (χ4n) is 2.48. The van der Waals surface area contributed by atoms with Crippen molar-refractivity contribution in [3.05, 3.63) is 75.8 Å². The second-order valence-electron chi connectivity index (χ2n) is 5.13. The lowest BCUT2D eigenvalue weighted by Crippen LogP contribution is -2.08. The number of aliphatic hydroxyl groups excluding tert-OH is 1. The van der Waals surface area contributed by atoms with E-state index in [1.807, 2.05) is 12.1 Å². The number of hydrogen-bond acceptors (Lipinski definition) is 3. The van der Waals surface area contributed by atoms with Crippen molar-refractivity contribution in [2.75, 3.05) is 0 Å². The van der Waals surface area contributed by atoms with Gasteiger partial charge < -0.3 is 5.11 Å². The molecule has 110 valence electrons. The second kappa shape index (κ2) is 5.78. The van der Waals surface area contributed by atoms with Crippen LogP contribution in [0.4, 0.5) is 0 Å². The van der Waals surface area contributed by atoms with E-state index >= 15 is 0 Å². The molecule has 2 aromatic carbocycles. The summed E-state index contributed by atoms with van der Waals surface area (Å²) in [5.74, 6) is -0.164. The normalized spacial score (nSPS) is 14.5. The van der Waals surface area contributed by atoms with Crippen LogP contribution in [0.15, 0.2) is 59.1 Å². The van der Waals surface area contributed by atoms with Crippen LogP contribution >= 0.6 is 11.6 Å². The molecule has 1 aliphatic carbocycles. The van der Waals surface area contributed by atoms with Gasteiger partial charge in [0.05, 0.1) is 12.1 Å². The molecule has 3 nitrogen and oxygen atoms in total. The zero-order valence-corrected chi connectivity index (χ0v) is 12.8. The van der Waals surface area contributed by atoms with Gasteiger partial charge in [0.1, 0.15) is 5.76 Å². The van der Waals surface area contributed by atoms with Crippen molar-refractivity contribution >= 4 is 28.9 Å². The van der Waals surface area contributed by atoms with E-state index in [4.69, 9.17) is 11.6 Å². The maximum absolute atomic E-state index is 12.4. The summed E-state index contributed by atoms with van der Waals surface area (Å²) < 4.78 is 0. The molecule has 0 saturated carbocycles. The van der Waals surface area contributed by atoms with Gasteiger partial charge in [-0.25, -0.2) is 0 Å². The van der Waals surface area contributed by atoms with Gasteiger partial charge in [0.2, 0.25) is 0 Å². The molecule has 2 aromatic rings. The predicted molar refractivity (Wildman–Crippen MR) is 88.6 cm³/mol. The fourth-order valence-corrected chi connectivity index (χ4v) is 2.60. The Morgan fingerprint density at radius 2 is 1.73 bits per heavy atom. The third-order valence-corrected chi connectivity index (χ3v) is 3.92. The zero-order valence-electron chi connectivity index (χ0n) is 12.0. The monoisotopic (exact) mass is 311 g/mol. The van der Waals surface area contributed by atoms with E-state index < -0.39 is 0 Å². The molecule has 1 aliphatic rings. The highest BCUT2D eigenvalue weighted by Crippen LogP contribution is 2.31. The molecule has 22 heavy (non-hydrogen) atoms. The molecule has 0 amide bonds. The standard InChI is InChI=1S/C18H14ClNO2/c1-11(20-10-12-6-8-13(19)9-7-12)16-17(21)14-4-2-3-5-15(14)18(16)22/h2-9,21H,10H2,1H3. The average Bonchev–Trinajstić information content (AvgIpc) is 2.79. The molecule has 0 aromatic heterocycles. The predicted octanol–water partition coefficient (Wildman–Crippen LogP) is 4.47. The Hall–Kier alpha value is -2.39. The van der Waals surface area contributed by atoms with E-state index in [1.54, 1.807) is 43.3 Å². The molecule has 1 N–H and O–H groups in total. The Balaban J connectivity index is 1.88. The number of carbonyl (C=O) groups excluding carboxylic acids is 1. The number of Topliss-reactive ketones (excluding diaryl/α,β-unsaturated/α-hetero) is 1. The van der Waals surface area contributed by atoms with Crippen molar-refractivity contribution in [2.45, 2.75) is 13.5 Å². The van der Waals surface area contributed by atoms with E-state index in [-0.39, 0.29) is 17.1 Å². The van der Waals surface area contributed by atoms with Crippen LogP contribution < -0.4 is 0 Å². The lowest BCUT2D eigenvalue weighted by Gasteiger charge is -2.03. The van der Waals surface area contributed by atoms with Gasteiger partial charge in [-0.1, -0.05) is 48.0 Å². The van der Waals surface area contributed by atoms with Gasteiger partial charge in [-0.3, -0.25) is 9.79 Å². The third-order valence-electron chi connectivity index (χ3n) is 3.66. The van der Waals surface area contributed by atoms with Crippen molar-refractivity contribution in [3.8, 4) is 0 Å². The quantitative estimate of drug-likeness (QED) is 0.850. The number of ketones is 1.